The van der Waals surface area contributed by atoms with Gasteiger partial charge in [-0.25, -0.2) is 4.98 Å². The Balaban J connectivity index is 1.50. The molecule has 0 aliphatic heterocycles. The highest BCUT2D eigenvalue weighted by Gasteiger charge is 2.12. The van der Waals surface area contributed by atoms with Gasteiger partial charge in [0.2, 0.25) is 5.88 Å². The zero-order valence-electron chi connectivity index (χ0n) is 16.0. The maximum absolute atomic E-state index is 12.7. The van der Waals surface area contributed by atoms with E-state index in [9.17, 15) is 4.79 Å². The number of aromatic nitrogens is 2. The van der Waals surface area contributed by atoms with Crippen LogP contribution in [0.2, 0.25) is 0 Å². The first kappa shape index (κ1) is 18.4. The molecule has 4 aromatic rings. The number of carbonyl (C=O) groups is 1. The molecule has 0 aliphatic carbocycles. The summed E-state index contributed by atoms with van der Waals surface area (Å²) in [7, 11) is 1.59. The lowest BCUT2D eigenvalue weighted by Gasteiger charge is -2.11. The Morgan fingerprint density at radius 3 is 2.62 bits per heavy atom. The topological polar surface area (TPSA) is 73.3 Å². The van der Waals surface area contributed by atoms with E-state index >= 15 is 0 Å². The fourth-order valence-electron chi connectivity index (χ4n) is 2.98. The number of nitrogens with one attached hydrogen (secondary N) is 1. The minimum absolute atomic E-state index is 0.245. The number of amides is 1. The summed E-state index contributed by atoms with van der Waals surface area (Å²) < 4.78 is 11.1. The van der Waals surface area contributed by atoms with E-state index in [0.29, 0.717) is 28.6 Å². The number of rotatable bonds is 5. The van der Waals surface area contributed by atoms with Gasteiger partial charge in [-0.05, 0) is 36.1 Å². The molecule has 0 atom stereocenters. The zero-order chi connectivity index (χ0) is 20.2. The van der Waals surface area contributed by atoms with E-state index < -0.39 is 0 Å². The van der Waals surface area contributed by atoms with Crippen LogP contribution in [0.1, 0.15) is 15.9 Å². The number of hydrogen-bond donors (Lipinski definition) is 1. The van der Waals surface area contributed by atoms with Gasteiger partial charge in [-0.1, -0.05) is 30.3 Å². The first-order valence-corrected chi connectivity index (χ1v) is 9.07. The number of ether oxygens (including phenoxy) is 2. The summed E-state index contributed by atoms with van der Waals surface area (Å²) in [5, 5.41) is 4.61. The molecule has 0 saturated carbocycles. The Bertz CT molecular complexity index is 1170. The SMILES string of the molecule is COc1cc(C)ccc1Oc1ccc(NC(=O)c2cncc3ccccc23)cn1. The minimum atomic E-state index is -0.245. The highest BCUT2D eigenvalue weighted by atomic mass is 16.5. The highest BCUT2D eigenvalue weighted by Crippen LogP contribution is 2.31. The van der Waals surface area contributed by atoms with Gasteiger partial charge in [0.05, 0.1) is 24.6 Å². The second kappa shape index (κ2) is 7.98. The third-order valence-corrected chi connectivity index (χ3v) is 4.44. The largest absolute Gasteiger partial charge is 0.493 e. The van der Waals surface area contributed by atoms with E-state index in [1.54, 1.807) is 37.8 Å². The first-order valence-electron chi connectivity index (χ1n) is 9.07. The van der Waals surface area contributed by atoms with Crippen molar-refractivity contribution in [3.05, 3.63) is 84.3 Å². The standard InChI is InChI=1S/C23H19N3O3/c1-15-7-9-20(21(11-15)28-2)29-22-10-8-17(13-25-22)26-23(27)19-14-24-12-16-5-3-4-6-18(16)19/h3-14H,1-2H3,(H,26,27). The maximum Gasteiger partial charge on any atom is 0.257 e. The molecule has 29 heavy (non-hydrogen) atoms. The van der Waals surface area contributed by atoms with Crippen LogP contribution in [0.5, 0.6) is 17.4 Å². The summed E-state index contributed by atoms with van der Waals surface area (Å²) in [6.45, 7) is 1.98. The molecule has 1 amide bonds. The van der Waals surface area contributed by atoms with E-state index in [1.165, 1.54) is 0 Å². The molecule has 0 radical (unpaired) electrons. The van der Waals surface area contributed by atoms with Gasteiger partial charge in [0, 0.05) is 23.8 Å². The Kier molecular flexibility index (Phi) is 5.07. The minimum Gasteiger partial charge on any atom is -0.493 e. The summed E-state index contributed by atoms with van der Waals surface area (Å²) in [4.78, 5) is 21.1. The summed E-state index contributed by atoms with van der Waals surface area (Å²) in [6, 6.07) is 16.7. The molecule has 1 N–H and O–H groups in total. The molecular weight excluding hydrogens is 366 g/mol. The molecule has 2 aromatic carbocycles. The van der Waals surface area contributed by atoms with Gasteiger partial charge in [-0.2, -0.15) is 0 Å². The van der Waals surface area contributed by atoms with Gasteiger partial charge in [-0.15, -0.1) is 0 Å². The van der Waals surface area contributed by atoms with Crippen molar-refractivity contribution in [1.82, 2.24) is 9.97 Å². The number of methoxy groups -OCH3 is 1. The molecule has 144 valence electrons. The van der Waals surface area contributed by atoms with Crippen molar-refractivity contribution in [2.24, 2.45) is 0 Å². The molecule has 6 nitrogen and oxygen atoms in total. The first-order chi connectivity index (χ1) is 14.1. The number of carbonyl (C=O) groups excluding carboxylic acids is 1. The normalized spacial score (nSPS) is 10.6. The number of hydrogen-bond acceptors (Lipinski definition) is 5. The van der Waals surface area contributed by atoms with Crippen LogP contribution in [0.25, 0.3) is 10.8 Å². The van der Waals surface area contributed by atoms with E-state index in [2.05, 4.69) is 15.3 Å². The Morgan fingerprint density at radius 2 is 1.83 bits per heavy atom. The third-order valence-electron chi connectivity index (χ3n) is 4.44. The van der Waals surface area contributed by atoms with Gasteiger partial charge in [0.15, 0.2) is 11.5 Å². The predicted molar refractivity (Wildman–Crippen MR) is 112 cm³/mol. The van der Waals surface area contributed by atoms with Crippen molar-refractivity contribution in [1.29, 1.82) is 0 Å². The molecule has 0 saturated heterocycles. The molecule has 0 aliphatic rings. The van der Waals surface area contributed by atoms with Crippen LogP contribution in [-0.4, -0.2) is 23.0 Å². The number of pyridine rings is 2. The Morgan fingerprint density at radius 1 is 0.966 bits per heavy atom. The lowest BCUT2D eigenvalue weighted by Crippen LogP contribution is -2.13. The van der Waals surface area contributed by atoms with Crippen molar-refractivity contribution in [3.63, 3.8) is 0 Å². The van der Waals surface area contributed by atoms with Crippen LogP contribution in [0.3, 0.4) is 0 Å². The molecule has 0 spiro atoms. The monoisotopic (exact) mass is 385 g/mol. The number of benzene rings is 2. The molecule has 4 rings (SSSR count). The van der Waals surface area contributed by atoms with E-state index in [4.69, 9.17) is 9.47 Å². The predicted octanol–water partition coefficient (Wildman–Crippen LogP) is 4.99. The van der Waals surface area contributed by atoms with Crippen LogP contribution >= 0.6 is 0 Å². The van der Waals surface area contributed by atoms with Crippen molar-refractivity contribution in [3.8, 4) is 17.4 Å². The smallest absolute Gasteiger partial charge is 0.257 e. The van der Waals surface area contributed by atoms with Crippen molar-refractivity contribution in [2.45, 2.75) is 6.92 Å². The lowest BCUT2D eigenvalue weighted by molar-refractivity contribution is 0.102. The molecular formula is C23H19N3O3. The fraction of sp³-hybridized carbons (Fsp3) is 0.0870. The molecule has 2 heterocycles. The number of fused-ring (bicyclic) bond motifs is 1. The average Bonchev–Trinajstić information content (AvgIpc) is 2.75. The van der Waals surface area contributed by atoms with Gasteiger partial charge < -0.3 is 14.8 Å². The lowest BCUT2D eigenvalue weighted by atomic mass is 10.1. The summed E-state index contributed by atoms with van der Waals surface area (Å²) in [5.74, 6) is 1.36. The van der Waals surface area contributed by atoms with Gasteiger partial charge >= 0.3 is 0 Å². The average molecular weight is 385 g/mol. The number of aryl methyl sites for hydroxylation is 1. The number of anilines is 1. The highest BCUT2D eigenvalue weighted by molar-refractivity contribution is 6.12. The molecule has 0 bridgehead atoms. The van der Waals surface area contributed by atoms with E-state index in [1.807, 2.05) is 49.4 Å². The summed E-state index contributed by atoms with van der Waals surface area (Å²) in [6.07, 6.45) is 4.85. The zero-order valence-corrected chi connectivity index (χ0v) is 16.0. The van der Waals surface area contributed by atoms with E-state index in [-0.39, 0.29) is 5.91 Å². The summed E-state index contributed by atoms with van der Waals surface area (Å²) >= 11 is 0. The maximum atomic E-state index is 12.7. The quantitative estimate of drug-likeness (QED) is 0.524. The molecule has 0 unspecified atom stereocenters. The third kappa shape index (κ3) is 4.01. The van der Waals surface area contributed by atoms with Crippen LogP contribution in [0.4, 0.5) is 5.69 Å². The molecule has 0 fully saturated rings. The fourth-order valence-corrected chi connectivity index (χ4v) is 2.98. The van der Waals surface area contributed by atoms with Crippen LogP contribution in [0.15, 0.2) is 73.2 Å². The second-order valence-corrected chi connectivity index (χ2v) is 6.50. The Hall–Kier alpha value is -3.93. The van der Waals surface area contributed by atoms with Crippen LogP contribution in [0, 0.1) is 6.92 Å². The molecule has 2 aromatic heterocycles. The Labute approximate surface area is 168 Å². The summed E-state index contributed by atoms with van der Waals surface area (Å²) in [5.41, 5.74) is 2.14. The van der Waals surface area contributed by atoms with Crippen LogP contribution < -0.4 is 14.8 Å². The van der Waals surface area contributed by atoms with Crippen molar-refractivity contribution >= 4 is 22.4 Å². The van der Waals surface area contributed by atoms with Crippen molar-refractivity contribution in [2.75, 3.05) is 12.4 Å². The van der Waals surface area contributed by atoms with Crippen molar-refractivity contribution < 1.29 is 14.3 Å². The van der Waals surface area contributed by atoms with Gasteiger partial charge in [0.25, 0.3) is 5.91 Å². The van der Waals surface area contributed by atoms with E-state index in [0.717, 1.165) is 16.3 Å². The van der Waals surface area contributed by atoms with Gasteiger partial charge in [0.1, 0.15) is 0 Å². The number of nitrogens with zero attached hydrogens (tertiary/aromatic N) is 2. The van der Waals surface area contributed by atoms with Crippen LogP contribution in [-0.2, 0) is 0 Å². The second-order valence-electron chi connectivity index (χ2n) is 6.50. The van der Waals surface area contributed by atoms with Gasteiger partial charge in [-0.3, -0.25) is 9.78 Å². The molecule has 6 heteroatoms.